The van der Waals surface area contributed by atoms with Gasteiger partial charge in [0.1, 0.15) is 6.26 Å². The van der Waals surface area contributed by atoms with Crippen LogP contribution in [0.5, 0.6) is 0 Å². The van der Waals surface area contributed by atoms with Crippen molar-refractivity contribution in [3.63, 3.8) is 0 Å². The van der Waals surface area contributed by atoms with Gasteiger partial charge in [-0.2, -0.15) is 0 Å². The van der Waals surface area contributed by atoms with Crippen molar-refractivity contribution in [2.75, 3.05) is 13.2 Å². The standard InChI is InChI=1S/C11H19N3O3/c1-2-4-8(12)11-14-9(7-17-11)10(16)13-5-3-6-15/h7-8,15H,2-6,12H2,1H3,(H,13,16). The molecule has 1 heterocycles. The van der Waals surface area contributed by atoms with E-state index in [0.717, 1.165) is 12.8 Å². The predicted octanol–water partition coefficient (Wildman–Crippen LogP) is 0.587. The highest BCUT2D eigenvalue weighted by Crippen LogP contribution is 2.14. The molecule has 0 bridgehead atoms. The number of carbonyl (C=O) groups excluding carboxylic acids is 1. The van der Waals surface area contributed by atoms with E-state index in [0.29, 0.717) is 18.9 Å². The number of carbonyl (C=O) groups is 1. The van der Waals surface area contributed by atoms with E-state index in [1.807, 2.05) is 6.92 Å². The average Bonchev–Trinajstić information content (AvgIpc) is 2.79. The summed E-state index contributed by atoms with van der Waals surface area (Å²) in [5, 5.41) is 11.2. The molecule has 6 heteroatoms. The molecule has 1 atom stereocenters. The fraction of sp³-hybridized carbons (Fsp3) is 0.636. The van der Waals surface area contributed by atoms with Gasteiger partial charge < -0.3 is 20.6 Å². The number of aliphatic hydroxyl groups excluding tert-OH is 1. The maximum absolute atomic E-state index is 11.6. The number of nitrogens with one attached hydrogen (secondary N) is 1. The molecular formula is C11H19N3O3. The lowest BCUT2D eigenvalue weighted by Crippen LogP contribution is -2.25. The van der Waals surface area contributed by atoms with E-state index in [2.05, 4.69) is 10.3 Å². The van der Waals surface area contributed by atoms with Crippen LogP contribution in [0, 0.1) is 0 Å². The fourth-order valence-electron chi connectivity index (χ4n) is 1.37. The van der Waals surface area contributed by atoms with E-state index in [1.165, 1.54) is 6.26 Å². The van der Waals surface area contributed by atoms with Gasteiger partial charge in [-0.25, -0.2) is 4.98 Å². The Kier molecular flexibility index (Phi) is 5.65. The molecule has 0 aliphatic rings. The van der Waals surface area contributed by atoms with Gasteiger partial charge in [-0.15, -0.1) is 0 Å². The second-order valence-corrected chi connectivity index (χ2v) is 3.80. The van der Waals surface area contributed by atoms with Crippen molar-refractivity contribution >= 4 is 5.91 Å². The van der Waals surface area contributed by atoms with Crippen LogP contribution in [-0.2, 0) is 0 Å². The largest absolute Gasteiger partial charge is 0.446 e. The van der Waals surface area contributed by atoms with Gasteiger partial charge in [0.05, 0.1) is 6.04 Å². The quantitative estimate of drug-likeness (QED) is 0.606. The van der Waals surface area contributed by atoms with Crippen LogP contribution < -0.4 is 11.1 Å². The van der Waals surface area contributed by atoms with Crippen LogP contribution in [0.3, 0.4) is 0 Å². The van der Waals surface area contributed by atoms with Gasteiger partial charge >= 0.3 is 0 Å². The smallest absolute Gasteiger partial charge is 0.273 e. The second-order valence-electron chi connectivity index (χ2n) is 3.80. The number of aromatic nitrogens is 1. The maximum Gasteiger partial charge on any atom is 0.273 e. The first-order valence-electron chi connectivity index (χ1n) is 5.79. The third-order valence-corrected chi connectivity index (χ3v) is 2.29. The number of hydrogen-bond acceptors (Lipinski definition) is 5. The molecule has 96 valence electrons. The summed E-state index contributed by atoms with van der Waals surface area (Å²) in [6, 6.07) is -0.265. The van der Waals surface area contributed by atoms with Crippen LogP contribution in [0.4, 0.5) is 0 Å². The number of nitrogens with two attached hydrogens (primary N) is 1. The van der Waals surface area contributed by atoms with Gasteiger partial charge in [-0.05, 0) is 12.8 Å². The Morgan fingerprint density at radius 3 is 3.12 bits per heavy atom. The molecule has 1 aromatic rings. The minimum Gasteiger partial charge on any atom is -0.446 e. The lowest BCUT2D eigenvalue weighted by atomic mass is 10.2. The highest BCUT2D eigenvalue weighted by molar-refractivity contribution is 5.91. The summed E-state index contributed by atoms with van der Waals surface area (Å²) in [6.45, 7) is 2.48. The summed E-state index contributed by atoms with van der Waals surface area (Å²) < 4.78 is 5.16. The monoisotopic (exact) mass is 241 g/mol. The summed E-state index contributed by atoms with van der Waals surface area (Å²) in [7, 11) is 0. The number of hydrogen-bond donors (Lipinski definition) is 3. The molecule has 0 radical (unpaired) electrons. The number of amides is 1. The fourth-order valence-corrected chi connectivity index (χ4v) is 1.37. The molecule has 0 aromatic carbocycles. The van der Waals surface area contributed by atoms with E-state index < -0.39 is 0 Å². The van der Waals surface area contributed by atoms with E-state index >= 15 is 0 Å². The molecule has 0 saturated carbocycles. The van der Waals surface area contributed by atoms with Crippen molar-refractivity contribution in [1.29, 1.82) is 0 Å². The molecule has 6 nitrogen and oxygen atoms in total. The molecule has 0 fully saturated rings. The van der Waals surface area contributed by atoms with Crippen LogP contribution in [0.1, 0.15) is 48.6 Å². The predicted molar refractivity (Wildman–Crippen MR) is 62.4 cm³/mol. The summed E-state index contributed by atoms with van der Waals surface area (Å²) in [4.78, 5) is 15.6. The molecule has 1 unspecified atom stereocenters. The number of rotatable bonds is 7. The lowest BCUT2D eigenvalue weighted by molar-refractivity contribution is 0.0946. The van der Waals surface area contributed by atoms with E-state index in [-0.39, 0.29) is 24.2 Å². The Bertz CT molecular complexity index is 351. The molecular weight excluding hydrogens is 222 g/mol. The van der Waals surface area contributed by atoms with Crippen molar-refractivity contribution < 1.29 is 14.3 Å². The molecule has 1 amide bonds. The van der Waals surface area contributed by atoms with Crippen LogP contribution in [0.2, 0.25) is 0 Å². The van der Waals surface area contributed by atoms with Gasteiger partial charge in [0, 0.05) is 13.2 Å². The van der Waals surface area contributed by atoms with Gasteiger partial charge in [0.2, 0.25) is 5.89 Å². The highest BCUT2D eigenvalue weighted by atomic mass is 16.3. The van der Waals surface area contributed by atoms with Crippen molar-refractivity contribution in [1.82, 2.24) is 10.3 Å². The first kappa shape index (κ1) is 13.7. The lowest BCUT2D eigenvalue weighted by Gasteiger charge is -2.03. The minimum absolute atomic E-state index is 0.0473. The van der Waals surface area contributed by atoms with Crippen LogP contribution in [0.15, 0.2) is 10.7 Å². The maximum atomic E-state index is 11.6. The molecule has 0 aliphatic heterocycles. The number of nitrogens with zero attached hydrogens (tertiary/aromatic N) is 1. The Morgan fingerprint density at radius 2 is 2.47 bits per heavy atom. The third kappa shape index (κ3) is 4.16. The van der Waals surface area contributed by atoms with Crippen molar-refractivity contribution in [2.24, 2.45) is 5.73 Å². The third-order valence-electron chi connectivity index (χ3n) is 2.29. The average molecular weight is 241 g/mol. The van der Waals surface area contributed by atoms with Gasteiger partial charge in [-0.3, -0.25) is 4.79 Å². The molecule has 1 rings (SSSR count). The Morgan fingerprint density at radius 1 is 1.71 bits per heavy atom. The van der Waals surface area contributed by atoms with Crippen LogP contribution in [0.25, 0.3) is 0 Å². The van der Waals surface area contributed by atoms with E-state index in [9.17, 15) is 4.79 Å². The molecule has 0 aliphatic carbocycles. The van der Waals surface area contributed by atoms with Crippen LogP contribution >= 0.6 is 0 Å². The zero-order valence-corrected chi connectivity index (χ0v) is 9.98. The number of aliphatic hydroxyl groups is 1. The van der Waals surface area contributed by atoms with E-state index in [1.54, 1.807) is 0 Å². The molecule has 1 aromatic heterocycles. The summed E-state index contributed by atoms with van der Waals surface area (Å²) in [6.07, 6.45) is 3.53. The van der Waals surface area contributed by atoms with Crippen molar-refractivity contribution in [3.05, 3.63) is 17.8 Å². The second kappa shape index (κ2) is 7.03. The molecule has 17 heavy (non-hydrogen) atoms. The topological polar surface area (TPSA) is 101 Å². The Balaban J connectivity index is 2.52. The highest BCUT2D eigenvalue weighted by Gasteiger charge is 2.15. The molecule has 0 spiro atoms. The van der Waals surface area contributed by atoms with Crippen LogP contribution in [-0.4, -0.2) is 29.1 Å². The number of oxazole rings is 1. The first-order chi connectivity index (χ1) is 8.19. The summed E-state index contributed by atoms with van der Waals surface area (Å²) >= 11 is 0. The summed E-state index contributed by atoms with van der Waals surface area (Å²) in [5.74, 6) is 0.0799. The van der Waals surface area contributed by atoms with Gasteiger partial charge in [0.15, 0.2) is 5.69 Å². The zero-order valence-electron chi connectivity index (χ0n) is 9.98. The van der Waals surface area contributed by atoms with Gasteiger partial charge in [-0.1, -0.05) is 13.3 Å². The minimum atomic E-state index is -0.308. The SMILES string of the molecule is CCCC(N)c1nc(C(=O)NCCCO)co1. The van der Waals surface area contributed by atoms with E-state index in [4.69, 9.17) is 15.3 Å². The molecule has 0 saturated heterocycles. The van der Waals surface area contributed by atoms with Crippen molar-refractivity contribution in [3.8, 4) is 0 Å². The Labute approximate surface area is 100 Å². The van der Waals surface area contributed by atoms with Gasteiger partial charge in [0.25, 0.3) is 5.91 Å². The molecule has 4 N–H and O–H groups in total. The zero-order chi connectivity index (χ0) is 12.7. The summed E-state index contributed by atoms with van der Waals surface area (Å²) in [5.41, 5.74) is 6.05. The first-order valence-corrected chi connectivity index (χ1v) is 5.79. The Hall–Kier alpha value is -1.40. The normalized spacial score (nSPS) is 12.4. The van der Waals surface area contributed by atoms with Crippen molar-refractivity contribution in [2.45, 2.75) is 32.2 Å².